The molecule has 90 valence electrons. The summed E-state index contributed by atoms with van der Waals surface area (Å²) in [5, 5.41) is 12.3. The van der Waals surface area contributed by atoms with E-state index in [1.165, 1.54) is 38.9 Å². The van der Waals surface area contributed by atoms with Crippen LogP contribution in [0.15, 0.2) is 0 Å². The molecule has 0 spiro atoms. The maximum atomic E-state index is 8.64. The van der Waals surface area contributed by atoms with Crippen LogP contribution in [0.2, 0.25) is 0 Å². The molecule has 0 aromatic rings. The number of likely N-dealkylation sites (tertiary alicyclic amines) is 1. The molecule has 1 fully saturated rings. The lowest BCUT2D eigenvalue weighted by Gasteiger charge is -2.31. The lowest BCUT2D eigenvalue weighted by Crippen LogP contribution is -2.42. The third-order valence-electron chi connectivity index (χ3n) is 3.30. The van der Waals surface area contributed by atoms with Gasteiger partial charge in [-0.05, 0) is 58.3 Å². The van der Waals surface area contributed by atoms with E-state index in [-0.39, 0.29) is 0 Å². The van der Waals surface area contributed by atoms with Gasteiger partial charge in [-0.1, -0.05) is 6.92 Å². The van der Waals surface area contributed by atoms with Crippen LogP contribution in [0.3, 0.4) is 0 Å². The molecule has 3 heteroatoms. The molecule has 0 unspecified atom stereocenters. The van der Waals surface area contributed by atoms with Gasteiger partial charge in [0, 0.05) is 12.6 Å². The van der Waals surface area contributed by atoms with Crippen LogP contribution in [0.4, 0.5) is 0 Å². The standard InChI is InChI=1S/C12H26N2O/c1-2-14-9-6-12(7-10-14)13-8-4-3-5-11-15/h12-13,15H,2-11H2,1H3. The Morgan fingerprint density at radius 2 is 1.93 bits per heavy atom. The summed E-state index contributed by atoms with van der Waals surface area (Å²) in [4.78, 5) is 2.52. The van der Waals surface area contributed by atoms with Crippen molar-refractivity contribution in [3.63, 3.8) is 0 Å². The summed E-state index contributed by atoms with van der Waals surface area (Å²) < 4.78 is 0. The van der Waals surface area contributed by atoms with Crippen molar-refractivity contribution in [2.24, 2.45) is 0 Å². The zero-order chi connectivity index (χ0) is 10.9. The maximum Gasteiger partial charge on any atom is 0.0431 e. The van der Waals surface area contributed by atoms with E-state index in [0.29, 0.717) is 6.61 Å². The SMILES string of the molecule is CCN1CCC(NCCCCCO)CC1. The van der Waals surface area contributed by atoms with Crippen LogP contribution in [0.1, 0.15) is 39.0 Å². The van der Waals surface area contributed by atoms with Crippen LogP contribution < -0.4 is 5.32 Å². The van der Waals surface area contributed by atoms with Gasteiger partial charge in [0.1, 0.15) is 0 Å². The molecule has 1 saturated heterocycles. The molecule has 2 N–H and O–H groups in total. The molecule has 1 rings (SSSR count). The van der Waals surface area contributed by atoms with E-state index in [0.717, 1.165) is 25.4 Å². The van der Waals surface area contributed by atoms with Crippen LogP contribution in [-0.4, -0.2) is 48.8 Å². The second-order valence-corrected chi connectivity index (χ2v) is 4.45. The molecule has 0 aromatic carbocycles. The van der Waals surface area contributed by atoms with Crippen molar-refractivity contribution < 1.29 is 5.11 Å². The van der Waals surface area contributed by atoms with Gasteiger partial charge in [-0.3, -0.25) is 0 Å². The lowest BCUT2D eigenvalue weighted by molar-refractivity contribution is 0.206. The van der Waals surface area contributed by atoms with Gasteiger partial charge >= 0.3 is 0 Å². The summed E-state index contributed by atoms with van der Waals surface area (Å²) in [6.07, 6.45) is 5.91. The van der Waals surface area contributed by atoms with Crippen molar-refractivity contribution in [1.29, 1.82) is 0 Å². The predicted octanol–water partition coefficient (Wildman–Crippen LogP) is 1.22. The Kier molecular flexibility index (Phi) is 6.98. The molecule has 1 aliphatic rings. The van der Waals surface area contributed by atoms with E-state index in [9.17, 15) is 0 Å². The Labute approximate surface area is 93.9 Å². The average Bonchev–Trinajstić information content (AvgIpc) is 2.30. The molecule has 0 bridgehead atoms. The minimum atomic E-state index is 0.342. The zero-order valence-corrected chi connectivity index (χ0v) is 10.0. The van der Waals surface area contributed by atoms with Crippen molar-refractivity contribution in [2.75, 3.05) is 32.8 Å². The van der Waals surface area contributed by atoms with Crippen molar-refractivity contribution in [1.82, 2.24) is 10.2 Å². The van der Waals surface area contributed by atoms with E-state index in [1.54, 1.807) is 0 Å². The van der Waals surface area contributed by atoms with E-state index in [4.69, 9.17) is 5.11 Å². The normalized spacial score (nSPS) is 19.6. The first-order chi connectivity index (χ1) is 7.36. The number of hydrogen-bond donors (Lipinski definition) is 2. The molecule has 1 aliphatic heterocycles. The van der Waals surface area contributed by atoms with E-state index in [2.05, 4.69) is 17.1 Å². The minimum Gasteiger partial charge on any atom is -0.396 e. The van der Waals surface area contributed by atoms with Crippen LogP contribution in [-0.2, 0) is 0 Å². The Balaban J connectivity index is 1.94. The fourth-order valence-corrected chi connectivity index (χ4v) is 2.17. The minimum absolute atomic E-state index is 0.342. The molecule has 0 amide bonds. The van der Waals surface area contributed by atoms with E-state index in [1.807, 2.05) is 0 Å². The monoisotopic (exact) mass is 214 g/mol. The third-order valence-corrected chi connectivity index (χ3v) is 3.30. The predicted molar refractivity (Wildman–Crippen MR) is 64.1 cm³/mol. The Hall–Kier alpha value is -0.120. The van der Waals surface area contributed by atoms with Gasteiger partial charge in [-0.15, -0.1) is 0 Å². The number of aliphatic hydroxyl groups is 1. The van der Waals surface area contributed by atoms with Crippen LogP contribution >= 0.6 is 0 Å². The fourth-order valence-electron chi connectivity index (χ4n) is 2.17. The highest BCUT2D eigenvalue weighted by atomic mass is 16.2. The molecule has 0 aromatic heterocycles. The summed E-state index contributed by atoms with van der Waals surface area (Å²) in [5.74, 6) is 0. The molecule has 1 heterocycles. The van der Waals surface area contributed by atoms with Crippen molar-refractivity contribution in [2.45, 2.75) is 45.1 Å². The number of rotatable bonds is 7. The van der Waals surface area contributed by atoms with Crippen LogP contribution in [0.5, 0.6) is 0 Å². The average molecular weight is 214 g/mol. The molecule has 0 radical (unpaired) electrons. The number of hydrogen-bond acceptors (Lipinski definition) is 3. The number of aliphatic hydroxyl groups excluding tert-OH is 1. The number of piperidine rings is 1. The first-order valence-electron chi connectivity index (χ1n) is 6.43. The van der Waals surface area contributed by atoms with Gasteiger partial charge in [0.25, 0.3) is 0 Å². The Morgan fingerprint density at radius 1 is 1.20 bits per heavy atom. The molecular formula is C12H26N2O. The number of nitrogens with zero attached hydrogens (tertiary/aromatic N) is 1. The second-order valence-electron chi connectivity index (χ2n) is 4.45. The molecule has 3 nitrogen and oxygen atoms in total. The Bertz CT molecular complexity index is 145. The third kappa shape index (κ3) is 5.50. The lowest BCUT2D eigenvalue weighted by atomic mass is 10.0. The van der Waals surface area contributed by atoms with Gasteiger partial charge < -0.3 is 15.3 Å². The van der Waals surface area contributed by atoms with Gasteiger partial charge in [0.05, 0.1) is 0 Å². The van der Waals surface area contributed by atoms with Crippen molar-refractivity contribution in [3.05, 3.63) is 0 Å². The number of nitrogens with one attached hydrogen (secondary N) is 1. The van der Waals surface area contributed by atoms with E-state index < -0.39 is 0 Å². The summed E-state index contributed by atoms with van der Waals surface area (Å²) in [7, 11) is 0. The van der Waals surface area contributed by atoms with Crippen molar-refractivity contribution >= 4 is 0 Å². The molecule has 0 saturated carbocycles. The first-order valence-corrected chi connectivity index (χ1v) is 6.43. The highest BCUT2D eigenvalue weighted by molar-refractivity contribution is 4.76. The number of unbranched alkanes of at least 4 members (excludes halogenated alkanes) is 2. The molecule has 15 heavy (non-hydrogen) atoms. The smallest absolute Gasteiger partial charge is 0.0431 e. The second kappa shape index (κ2) is 8.08. The summed E-state index contributed by atoms with van der Waals surface area (Å²) >= 11 is 0. The summed E-state index contributed by atoms with van der Waals surface area (Å²) in [6, 6.07) is 0.738. The largest absolute Gasteiger partial charge is 0.396 e. The van der Waals surface area contributed by atoms with Gasteiger partial charge in [0.2, 0.25) is 0 Å². The van der Waals surface area contributed by atoms with Crippen LogP contribution in [0, 0.1) is 0 Å². The highest BCUT2D eigenvalue weighted by Gasteiger charge is 2.16. The van der Waals surface area contributed by atoms with Gasteiger partial charge in [-0.2, -0.15) is 0 Å². The maximum absolute atomic E-state index is 8.64. The zero-order valence-electron chi connectivity index (χ0n) is 10.0. The fraction of sp³-hybridized carbons (Fsp3) is 1.00. The quantitative estimate of drug-likeness (QED) is 0.626. The van der Waals surface area contributed by atoms with Crippen LogP contribution in [0.25, 0.3) is 0 Å². The molecule has 0 aliphatic carbocycles. The highest BCUT2D eigenvalue weighted by Crippen LogP contribution is 2.09. The van der Waals surface area contributed by atoms with Gasteiger partial charge in [0.15, 0.2) is 0 Å². The molecule has 0 atom stereocenters. The Morgan fingerprint density at radius 3 is 2.53 bits per heavy atom. The summed E-state index contributed by atoms with van der Waals surface area (Å²) in [6.45, 7) is 7.41. The van der Waals surface area contributed by atoms with E-state index >= 15 is 0 Å². The first kappa shape index (κ1) is 12.9. The van der Waals surface area contributed by atoms with Gasteiger partial charge in [-0.25, -0.2) is 0 Å². The topological polar surface area (TPSA) is 35.5 Å². The van der Waals surface area contributed by atoms with Crippen molar-refractivity contribution in [3.8, 4) is 0 Å². The summed E-state index contributed by atoms with van der Waals surface area (Å²) in [5.41, 5.74) is 0. The molecular weight excluding hydrogens is 188 g/mol.